The number of unbranched alkanes of at least 4 members (excludes halogenated alkanes) is 48. The van der Waals surface area contributed by atoms with Crippen LogP contribution < -0.4 is 5.32 Å². The monoisotopic (exact) mass is 1040 g/mol. The molecule has 72 heavy (non-hydrogen) atoms. The Morgan fingerprint density at radius 1 is 0.417 bits per heavy atom. The largest absolute Gasteiger partial charge is 0.472 e. The van der Waals surface area contributed by atoms with E-state index in [0.29, 0.717) is 23.9 Å². The van der Waals surface area contributed by atoms with E-state index in [9.17, 15) is 19.4 Å². The zero-order chi connectivity index (χ0) is 52.7. The summed E-state index contributed by atoms with van der Waals surface area (Å²) in [6, 6.07) is -0.755. The molecule has 0 bridgehead atoms. The van der Waals surface area contributed by atoms with Crippen molar-refractivity contribution in [3.8, 4) is 0 Å². The Bertz CT molecular complexity index is 1140. The van der Waals surface area contributed by atoms with E-state index in [4.69, 9.17) is 9.05 Å². The molecule has 1 amide bonds. The number of quaternary nitrogens is 1. The van der Waals surface area contributed by atoms with Crippen LogP contribution in [-0.2, 0) is 18.4 Å². The highest BCUT2D eigenvalue weighted by molar-refractivity contribution is 7.47. The first-order valence-electron chi connectivity index (χ1n) is 32.4. The third kappa shape index (κ3) is 57.2. The van der Waals surface area contributed by atoms with Crippen molar-refractivity contribution in [2.24, 2.45) is 0 Å². The van der Waals surface area contributed by atoms with E-state index in [2.05, 4.69) is 19.2 Å². The molecule has 9 heteroatoms. The minimum atomic E-state index is -4.32. The van der Waals surface area contributed by atoms with E-state index in [1.165, 1.54) is 283 Å². The molecule has 0 saturated heterocycles. The van der Waals surface area contributed by atoms with Crippen LogP contribution in [-0.4, -0.2) is 73.4 Å². The summed E-state index contributed by atoms with van der Waals surface area (Å²) in [4.78, 5) is 23.4. The molecule has 0 aliphatic heterocycles. The van der Waals surface area contributed by atoms with Crippen LogP contribution in [0.15, 0.2) is 0 Å². The summed E-state index contributed by atoms with van der Waals surface area (Å²) >= 11 is 0. The van der Waals surface area contributed by atoms with Gasteiger partial charge in [-0.15, -0.1) is 0 Å². The number of carbonyl (C=O) groups excluding carboxylic acids is 1. The Morgan fingerprint density at radius 3 is 0.931 bits per heavy atom. The number of nitrogens with zero attached hydrogens (tertiary/aromatic N) is 1. The standard InChI is InChI=1S/C63H129N2O6P/c1-6-8-10-12-14-16-18-20-22-24-25-26-27-28-29-30-31-32-33-34-35-36-37-38-39-41-43-45-47-49-51-53-55-57-63(67)64-61(60-71-72(68,69)70-59-58-65(3,4)5)62(66)56-54-52-50-48-46-44-42-40-23-21-19-17-15-13-11-9-7-2/h61-62,66H,6-60H2,1-5H3,(H-,64,67,68,69)/p+1/t61-,62+/m0/s1. The van der Waals surface area contributed by atoms with Crippen molar-refractivity contribution in [1.29, 1.82) is 0 Å². The second-order valence-corrected chi connectivity index (χ2v) is 25.3. The summed E-state index contributed by atoms with van der Waals surface area (Å²) in [5, 5.41) is 14.1. The summed E-state index contributed by atoms with van der Waals surface area (Å²) in [5.41, 5.74) is 0. The lowest BCUT2D eigenvalue weighted by Gasteiger charge is -2.26. The molecule has 0 aromatic carbocycles. The van der Waals surface area contributed by atoms with Crippen LogP contribution in [0.4, 0.5) is 0 Å². The number of phosphoric acid groups is 1. The number of rotatable bonds is 61. The van der Waals surface area contributed by atoms with Crippen LogP contribution in [0.3, 0.4) is 0 Å². The summed E-state index contributed by atoms with van der Waals surface area (Å²) in [7, 11) is 1.64. The van der Waals surface area contributed by atoms with Gasteiger partial charge in [-0.05, 0) is 12.8 Å². The minimum Gasteiger partial charge on any atom is -0.391 e. The van der Waals surface area contributed by atoms with Crippen molar-refractivity contribution >= 4 is 13.7 Å². The predicted molar refractivity (Wildman–Crippen MR) is 314 cm³/mol. The van der Waals surface area contributed by atoms with E-state index < -0.39 is 20.0 Å². The van der Waals surface area contributed by atoms with Crippen LogP contribution in [0.2, 0.25) is 0 Å². The lowest BCUT2D eigenvalue weighted by molar-refractivity contribution is -0.870. The Morgan fingerprint density at radius 2 is 0.667 bits per heavy atom. The molecule has 0 saturated carbocycles. The molecule has 8 nitrogen and oxygen atoms in total. The van der Waals surface area contributed by atoms with Gasteiger partial charge in [-0.3, -0.25) is 13.8 Å². The Hall–Kier alpha value is -0.500. The Labute approximate surface area is 450 Å². The van der Waals surface area contributed by atoms with Crippen LogP contribution in [0.25, 0.3) is 0 Å². The summed E-state index contributed by atoms with van der Waals surface area (Å²) in [6.07, 6.45) is 67.6. The molecule has 0 aromatic heterocycles. The van der Waals surface area contributed by atoms with Gasteiger partial charge in [0, 0.05) is 6.42 Å². The second kappa shape index (κ2) is 55.3. The average Bonchev–Trinajstić information content (AvgIpc) is 3.34. The number of amides is 1. The van der Waals surface area contributed by atoms with Gasteiger partial charge in [0.15, 0.2) is 0 Å². The SMILES string of the molecule is CCCCCCCCCCCCCCCCCCCCCCCCCCCCCCCCCCCC(=O)N[C@@H](COP(=O)(O)OCC[N+](C)(C)C)[C@H](O)CCCCCCCCCCCCCCCCCCC. The van der Waals surface area contributed by atoms with Gasteiger partial charge in [-0.2, -0.15) is 0 Å². The smallest absolute Gasteiger partial charge is 0.391 e. The van der Waals surface area contributed by atoms with Gasteiger partial charge in [0.2, 0.25) is 5.91 Å². The molecule has 3 N–H and O–H groups in total. The third-order valence-electron chi connectivity index (χ3n) is 15.4. The lowest BCUT2D eigenvalue weighted by Crippen LogP contribution is -2.46. The average molecular weight is 1040 g/mol. The van der Waals surface area contributed by atoms with Crippen LogP contribution in [0.1, 0.15) is 348 Å². The molecular weight excluding hydrogens is 912 g/mol. The fourth-order valence-electron chi connectivity index (χ4n) is 10.3. The van der Waals surface area contributed by atoms with Crippen LogP contribution in [0.5, 0.6) is 0 Å². The first kappa shape index (κ1) is 71.5. The van der Waals surface area contributed by atoms with Crippen molar-refractivity contribution in [2.45, 2.75) is 360 Å². The number of carbonyl (C=O) groups is 1. The van der Waals surface area contributed by atoms with E-state index in [1.54, 1.807) is 0 Å². The molecule has 0 aliphatic carbocycles. The minimum absolute atomic E-state index is 0.0792. The maximum atomic E-state index is 13.0. The van der Waals surface area contributed by atoms with Crippen molar-refractivity contribution in [2.75, 3.05) is 40.9 Å². The number of likely N-dealkylation sites (N-methyl/N-ethyl adjacent to an activating group) is 1. The highest BCUT2D eigenvalue weighted by atomic mass is 31.2. The lowest BCUT2D eigenvalue weighted by atomic mass is 10.0. The Balaban J connectivity index is 3.94. The molecule has 0 heterocycles. The topological polar surface area (TPSA) is 105 Å². The predicted octanol–water partition coefficient (Wildman–Crippen LogP) is 20.0. The van der Waals surface area contributed by atoms with Gasteiger partial charge in [0.25, 0.3) is 0 Å². The van der Waals surface area contributed by atoms with Gasteiger partial charge < -0.3 is 19.8 Å². The first-order chi connectivity index (χ1) is 35.0. The molecule has 0 aromatic rings. The van der Waals surface area contributed by atoms with Crippen LogP contribution in [0, 0.1) is 0 Å². The summed E-state index contributed by atoms with van der Waals surface area (Å²) in [5.74, 6) is -0.135. The maximum absolute atomic E-state index is 13.0. The van der Waals surface area contributed by atoms with Crippen LogP contribution >= 0.6 is 7.82 Å². The molecular formula is C63H130N2O6P+. The van der Waals surface area contributed by atoms with E-state index in [0.717, 1.165) is 38.5 Å². The normalized spacial score (nSPS) is 13.7. The van der Waals surface area contributed by atoms with Crippen molar-refractivity contribution in [3.63, 3.8) is 0 Å². The maximum Gasteiger partial charge on any atom is 0.472 e. The zero-order valence-electron chi connectivity index (χ0n) is 49.5. The molecule has 0 radical (unpaired) electrons. The number of aliphatic hydroxyl groups is 1. The number of hydrogen-bond acceptors (Lipinski definition) is 5. The molecule has 0 aliphatic rings. The molecule has 432 valence electrons. The third-order valence-corrected chi connectivity index (χ3v) is 16.3. The first-order valence-corrected chi connectivity index (χ1v) is 33.9. The number of phosphoric ester groups is 1. The highest BCUT2D eigenvalue weighted by Crippen LogP contribution is 2.43. The fourth-order valence-corrected chi connectivity index (χ4v) is 11.0. The molecule has 1 unspecified atom stereocenters. The molecule has 0 rings (SSSR count). The number of hydrogen-bond donors (Lipinski definition) is 3. The quantitative estimate of drug-likeness (QED) is 0.0318. The molecule has 0 fully saturated rings. The van der Waals surface area contributed by atoms with E-state index in [1.807, 2.05) is 21.1 Å². The van der Waals surface area contributed by atoms with E-state index in [-0.39, 0.29) is 19.1 Å². The van der Waals surface area contributed by atoms with Crippen molar-refractivity contribution < 1.29 is 32.9 Å². The highest BCUT2D eigenvalue weighted by Gasteiger charge is 2.28. The van der Waals surface area contributed by atoms with Gasteiger partial charge in [-0.1, -0.05) is 328 Å². The Kier molecular flexibility index (Phi) is 54.9. The van der Waals surface area contributed by atoms with Gasteiger partial charge in [-0.25, -0.2) is 4.57 Å². The fraction of sp³-hybridized carbons (Fsp3) is 0.984. The molecule has 3 atom stereocenters. The van der Waals surface area contributed by atoms with Gasteiger partial charge in [0.1, 0.15) is 13.2 Å². The van der Waals surface area contributed by atoms with Gasteiger partial charge in [0.05, 0.1) is 39.9 Å². The van der Waals surface area contributed by atoms with Gasteiger partial charge >= 0.3 is 7.82 Å². The molecule has 0 spiro atoms. The van der Waals surface area contributed by atoms with Crippen molar-refractivity contribution in [3.05, 3.63) is 0 Å². The number of aliphatic hydroxyl groups excluding tert-OH is 1. The summed E-state index contributed by atoms with van der Waals surface area (Å²) < 4.78 is 23.8. The zero-order valence-corrected chi connectivity index (χ0v) is 50.4. The second-order valence-electron chi connectivity index (χ2n) is 23.9. The van der Waals surface area contributed by atoms with Crippen molar-refractivity contribution in [1.82, 2.24) is 5.32 Å². The van der Waals surface area contributed by atoms with E-state index >= 15 is 0 Å². The summed E-state index contributed by atoms with van der Waals surface area (Å²) in [6.45, 7) is 4.95. The number of nitrogens with one attached hydrogen (secondary N) is 1.